The molecular weight excluding hydrogens is 397 g/mol. The van der Waals surface area contributed by atoms with Gasteiger partial charge in [0.1, 0.15) is 17.8 Å². The Balaban J connectivity index is 2.68. The van der Waals surface area contributed by atoms with Crippen molar-refractivity contribution in [3.05, 3.63) is 33.9 Å². The van der Waals surface area contributed by atoms with Crippen LogP contribution in [0.2, 0.25) is 0 Å². The zero-order chi connectivity index (χ0) is 22.4. The second-order valence-corrected chi connectivity index (χ2v) is 6.52. The average Bonchev–Trinajstić information content (AvgIpc) is 2.63. The Morgan fingerprint density at radius 2 is 1.97 bits per heavy atom. The predicted octanol–water partition coefficient (Wildman–Crippen LogP) is 2.62. The van der Waals surface area contributed by atoms with Crippen molar-refractivity contribution in [2.24, 2.45) is 5.92 Å². The molecule has 0 saturated heterocycles. The summed E-state index contributed by atoms with van der Waals surface area (Å²) in [6.07, 6.45) is -4.76. The number of esters is 1. The van der Waals surface area contributed by atoms with Crippen LogP contribution in [0.4, 0.5) is 24.5 Å². The molecule has 2 N–H and O–H groups in total. The number of halogens is 3. The number of amides is 1. The number of nitriles is 1. The number of carbonyl (C=O) groups excluding carboxylic acids is 2. The van der Waals surface area contributed by atoms with Crippen LogP contribution < -0.4 is 10.6 Å². The number of nitro groups is 1. The molecule has 0 aliphatic carbocycles. The van der Waals surface area contributed by atoms with Crippen molar-refractivity contribution in [1.29, 1.82) is 5.26 Å². The van der Waals surface area contributed by atoms with Gasteiger partial charge in [0.15, 0.2) is 6.61 Å². The summed E-state index contributed by atoms with van der Waals surface area (Å²) >= 11 is 0. The largest absolute Gasteiger partial charge is 0.454 e. The zero-order valence-electron chi connectivity index (χ0n) is 15.8. The second-order valence-electron chi connectivity index (χ2n) is 6.52. The molecule has 0 spiro atoms. The van der Waals surface area contributed by atoms with Crippen LogP contribution in [0.3, 0.4) is 0 Å². The van der Waals surface area contributed by atoms with Crippen LogP contribution in [-0.4, -0.2) is 35.5 Å². The molecule has 0 radical (unpaired) electrons. The quantitative estimate of drug-likeness (QED) is 0.378. The zero-order valence-corrected chi connectivity index (χ0v) is 15.8. The maximum Gasteiger partial charge on any atom is 0.416 e. The highest BCUT2D eigenvalue weighted by Crippen LogP contribution is 2.34. The molecule has 9 nitrogen and oxygen atoms in total. The van der Waals surface area contributed by atoms with Gasteiger partial charge in [0, 0.05) is 6.07 Å². The van der Waals surface area contributed by atoms with E-state index in [2.05, 4.69) is 10.6 Å². The molecule has 0 aromatic heterocycles. The van der Waals surface area contributed by atoms with Gasteiger partial charge >= 0.3 is 12.1 Å². The number of alkyl halides is 3. The fraction of sp³-hybridized carbons (Fsp3) is 0.471. The van der Waals surface area contributed by atoms with E-state index >= 15 is 0 Å². The fourth-order valence-corrected chi connectivity index (χ4v) is 2.00. The van der Waals surface area contributed by atoms with Gasteiger partial charge in [-0.2, -0.15) is 18.4 Å². The van der Waals surface area contributed by atoms with E-state index in [1.165, 1.54) is 6.92 Å². The van der Waals surface area contributed by atoms with Crippen molar-refractivity contribution < 1.29 is 32.4 Å². The van der Waals surface area contributed by atoms with E-state index in [1.54, 1.807) is 13.8 Å². The number of hydrogen-bond donors (Lipinski definition) is 2. The molecule has 0 fully saturated rings. The number of benzene rings is 1. The lowest BCUT2D eigenvalue weighted by atomic mass is 9.90. The van der Waals surface area contributed by atoms with E-state index in [9.17, 15) is 32.9 Å². The number of anilines is 1. The van der Waals surface area contributed by atoms with E-state index in [0.717, 1.165) is 6.07 Å². The Hall–Kier alpha value is -3.36. The highest BCUT2D eigenvalue weighted by molar-refractivity contribution is 5.83. The number of rotatable bonds is 8. The third kappa shape index (κ3) is 6.63. The second kappa shape index (κ2) is 9.22. The molecule has 0 saturated carbocycles. The van der Waals surface area contributed by atoms with E-state index < -0.39 is 52.9 Å². The third-order valence-corrected chi connectivity index (χ3v) is 4.10. The smallest absolute Gasteiger partial charge is 0.416 e. The summed E-state index contributed by atoms with van der Waals surface area (Å²) in [4.78, 5) is 33.5. The molecule has 1 unspecified atom stereocenters. The minimum absolute atomic E-state index is 0.214. The van der Waals surface area contributed by atoms with Gasteiger partial charge < -0.3 is 15.4 Å². The van der Waals surface area contributed by atoms with Gasteiger partial charge in [-0.1, -0.05) is 13.8 Å². The van der Waals surface area contributed by atoms with Gasteiger partial charge in [-0.3, -0.25) is 19.7 Å². The van der Waals surface area contributed by atoms with Gasteiger partial charge in [-0.15, -0.1) is 0 Å². The summed E-state index contributed by atoms with van der Waals surface area (Å²) in [5.41, 5.74) is -3.56. The standard InChI is InChI=1S/C17H19F3N4O5/c1-10(2)16(3,9-21)23-14(25)8-29-15(26)7-22-12-5-4-11(17(18,19)20)6-13(12)24(27)28/h4-6,10,22H,7-8H2,1-3H3,(H,23,25). The lowest BCUT2D eigenvalue weighted by Crippen LogP contribution is -2.50. The minimum Gasteiger partial charge on any atom is -0.454 e. The Bertz CT molecular complexity index is 835. The Morgan fingerprint density at radius 1 is 1.34 bits per heavy atom. The van der Waals surface area contributed by atoms with Crippen LogP contribution in [0.25, 0.3) is 0 Å². The molecule has 0 aliphatic rings. The van der Waals surface area contributed by atoms with Gasteiger partial charge in [0.25, 0.3) is 11.6 Å². The van der Waals surface area contributed by atoms with Gasteiger partial charge in [-0.05, 0) is 25.0 Å². The van der Waals surface area contributed by atoms with E-state index in [0.29, 0.717) is 12.1 Å². The number of nitrogens with one attached hydrogen (secondary N) is 2. The van der Waals surface area contributed by atoms with Crippen molar-refractivity contribution >= 4 is 23.3 Å². The fourth-order valence-electron chi connectivity index (χ4n) is 2.00. The topological polar surface area (TPSA) is 134 Å². The number of hydrogen-bond acceptors (Lipinski definition) is 7. The lowest BCUT2D eigenvalue weighted by molar-refractivity contribution is -0.384. The first-order valence-electron chi connectivity index (χ1n) is 8.27. The average molecular weight is 416 g/mol. The number of nitrogens with zero attached hydrogens (tertiary/aromatic N) is 2. The molecule has 12 heteroatoms. The summed E-state index contributed by atoms with van der Waals surface area (Å²) in [5.74, 6) is -1.91. The van der Waals surface area contributed by atoms with Crippen LogP contribution in [0, 0.1) is 27.4 Å². The summed E-state index contributed by atoms with van der Waals surface area (Å²) < 4.78 is 42.7. The maximum atomic E-state index is 12.7. The van der Waals surface area contributed by atoms with E-state index in [4.69, 9.17) is 10.00 Å². The molecule has 0 bridgehead atoms. The molecule has 29 heavy (non-hydrogen) atoms. The molecule has 1 atom stereocenters. The highest BCUT2D eigenvalue weighted by Gasteiger charge is 2.33. The first-order chi connectivity index (χ1) is 13.3. The first-order valence-corrected chi connectivity index (χ1v) is 8.27. The summed E-state index contributed by atoms with van der Waals surface area (Å²) in [7, 11) is 0. The molecule has 1 rings (SSSR count). The number of ether oxygens (including phenoxy) is 1. The van der Waals surface area contributed by atoms with Crippen molar-refractivity contribution in [3.8, 4) is 6.07 Å². The molecule has 1 aromatic rings. The van der Waals surface area contributed by atoms with Gasteiger partial charge in [0.2, 0.25) is 0 Å². The Morgan fingerprint density at radius 3 is 2.45 bits per heavy atom. The van der Waals surface area contributed by atoms with Gasteiger partial charge in [0.05, 0.1) is 16.6 Å². The number of carbonyl (C=O) groups is 2. The van der Waals surface area contributed by atoms with E-state index in [-0.39, 0.29) is 11.6 Å². The van der Waals surface area contributed by atoms with Crippen molar-refractivity contribution in [3.63, 3.8) is 0 Å². The van der Waals surface area contributed by atoms with Crippen molar-refractivity contribution in [2.75, 3.05) is 18.5 Å². The monoisotopic (exact) mass is 416 g/mol. The maximum absolute atomic E-state index is 12.7. The summed E-state index contributed by atoms with van der Waals surface area (Å²) in [6.45, 7) is 3.62. The SMILES string of the molecule is CC(C)C(C)(C#N)NC(=O)COC(=O)CNc1ccc(C(F)(F)F)cc1[N+](=O)[O-]. The summed E-state index contributed by atoms with van der Waals surface area (Å²) in [5, 5.41) is 24.8. The summed E-state index contributed by atoms with van der Waals surface area (Å²) in [6, 6.07) is 3.74. The third-order valence-electron chi connectivity index (χ3n) is 4.10. The first kappa shape index (κ1) is 23.7. The predicted molar refractivity (Wildman–Crippen MR) is 94.5 cm³/mol. The number of nitro benzene ring substituents is 1. The molecule has 1 aromatic carbocycles. The van der Waals surface area contributed by atoms with Crippen molar-refractivity contribution in [1.82, 2.24) is 5.32 Å². The Kier molecular flexibility index (Phi) is 7.53. The molecule has 0 heterocycles. The van der Waals surface area contributed by atoms with Crippen LogP contribution in [-0.2, 0) is 20.5 Å². The minimum atomic E-state index is -4.76. The van der Waals surface area contributed by atoms with Gasteiger partial charge in [-0.25, -0.2) is 0 Å². The molecule has 158 valence electrons. The van der Waals surface area contributed by atoms with Crippen LogP contribution in [0.5, 0.6) is 0 Å². The van der Waals surface area contributed by atoms with Crippen LogP contribution >= 0.6 is 0 Å². The molecule has 1 amide bonds. The molecular formula is C17H19F3N4O5. The van der Waals surface area contributed by atoms with Crippen LogP contribution in [0.1, 0.15) is 26.3 Å². The molecule has 0 aliphatic heterocycles. The normalized spacial score (nSPS) is 13.2. The van der Waals surface area contributed by atoms with Crippen LogP contribution in [0.15, 0.2) is 18.2 Å². The Labute approximate surface area is 164 Å². The lowest BCUT2D eigenvalue weighted by Gasteiger charge is -2.27. The van der Waals surface area contributed by atoms with Crippen molar-refractivity contribution in [2.45, 2.75) is 32.5 Å². The van der Waals surface area contributed by atoms with E-state index in [1.807, 2.05) is 6.07 Å². The highest BCUT2D eigenvalue weighted by atomic mass is 19.4.